The van der Waals surface area contributed by atoms with Crippen molar-refractivity contribution in [2.45, 2.75) is 39.5 Å². The predicted octanol–water partition coefficient (Wildman–Crippen LogP) is 2.19. The van der Waals surface area contributed by atoms with Crippen LogP contribution >= 0.6 is 0 Å². The monoisotopic (exact) mass is 217 g/mol. The lowest BCUT2D eigenvalue weighted by Gasteiger charge is -2.27. The van der Waals surface area contributed by atoms with E-state index in [-0.39, 0.29) is 0 Å². The van der Waals surface area contributed by atoms with E-state index in [0.29, 0.717) is 18.6 Å². The molecule has 3 heteroatoms. The first kappa shape index (κ1) is 14.9. The fraction of sp³-hybridized carbons (Fsp3) is 1.00. The summed E-state index contributed by atoms with van der Waals surface area (Å²) < 4.78 is 10.3. The number of hydrogen-bond acceptors (Lipinski definition) is 3. The summed E-state index contributed by atoms with van der Waals surface area (Å²) in [4.78, 5) is 0. The summed E-state index contributed by atoms with van der Waals surface area (Å²) in [6, 6.07) is 0. The lowest BCUT2D eigenvalue weighted by atomic mass is 9.81. The highest BCUT2D eigenvalue weighted by Gasteiger charge is 2.20. The molecular weight excluding hydrogens is 190 g/mol. The number of nitrogens with two attached hydrogens (primary N) is 1. The van der Waals surface area contributed by atoms with Crippen molar-refractivity contribution < 1.29 is 9.47 Å². The summed E-state index contributed by atoms with van der Waals surface area (Å²) >= 11 is 0. The molecule has 0 bridgehead atoms. The Balaban J connectivity index is 3.46. The summed E-state index contributed by atoms with van der Waals surface area (Å²) in [5.41, 5.74) is 6.10. The standard InChI is InChI=1S/C12H27NO2/c1-4-6-12(2,11-13)7-5-8-15-10-9-14-3/h4-11,13H2,1-3H3. The molecule has 0 aliphatic heterocycles. The molecule has 0 amide bonds. The van der Waals surface area contributed by atoms with E-state index in [1.54, 1.807) is 7.11 Å². The lowest BCUT2D eigenvalue weighted by molar-refractivity contribution is 0.0640. The molecule has 1 atom stereocenters. The van der Waals surface area contributed by atoms with Gasteiger partial charge in [0.25, 0.3) is 0 Å². The van der Waals surface area contributed by atoms with Crippen molar-refractivity contribution in [1.82, 2.24) is 0 Å². The molecule has 0 aliphatic carbocycles. The summed E-state index contributed by atoms with van der Waals surface area (Å²) in [6.07, 6.45) is 4.67. The quantitative estimate of drug-likeness (QED) is 0.571. The summed E-state index contributed by atoms with van der Waals surface area (Å²) in [6.45, 7) is 7.46. The van der Waals surface area contributed by atoms with Crippen LogP contribution in [0.5, 0.6) is 0 Å². The van der Waals surface area contributed by atoms with Crippen molar-refractivity contribution in [3.8, 4) is 0 Å². The Morgan fingerprint density at radius 2 is 1.87 bits per heavy atom. The average molecular weight is 217 g/mol. The van der Waals surface area contributed by atoms with Crippen molar-refractivity contribution in [2.24, 2.45) is 11.1 Å². The van der Waals surface area contributed by atoms with Gasteiger partial charge in [0.15, 0.2) is 0 Å². The molecule has 0 rings (SSSR count). The Morgan fingerprint density at radius 1 is 1.13 bits per heavy atom. The Labute approximate surface area is 94.3 Å². The maximum atomic E-state index is 5.79. The number of ether oxygens (including phenoxy) is 2. The van der Waals surface area contributed by atoms with E-state index in [2.05, 4.69) is 13.8 Å². The fourth-order valence-electron chi connectivity index (χ4n) is 1.78. The predicted molar refractivity (Wildman–Crippen MR) is 64.0 cm³/mol. The molecule has 3 nitrogen and oxygen atoms in total. The number of methoxy groups -OCH3 is 1. The first-order valence-electron chi connectivity index (χ1n) is 5.95. The van der Waals surface area contributed by atoms with Crippen molar-refractivity contribution >= 4 is 0 Å². The first-order chi connectivity index (χ1) is 7.18. The Kier molecular flexibility index (Phi) is 9.06. The first-order valence-corrected chi connectivity index (χ1v) is 5.95. The van der Waals surface area contributed by atoms with Crippen LogP contribution in [-0.4, -0.2) is 33.5 Å². The third-order valence-electron chi connectivity index (χ3n) is 2.85. The molecule has 0 saturated carbocycles. The SMILES string of the molecule is CCCC(C)(CN)CCCOCCOC. The zero-order chi connectivity index (χ0) is 11.6. The van der Waals surface area contributed by atoms with Gasteiger partial charge in [-0.25, -0.2) is 0 Å². The average Bonchev–Trinajstić information content (AvgIpc) is 2.24. The molecule has 2 N–H and O–H groups in total. The van der Waals surface area contributed by atoms with E-state index in [9.17, 15) is 0 Å². The van der Waals surface area contributed by atoms with Gasteiger partial charge in [0.1, 0.15) is 0 Å². The van der Waals surface area contributed by atoms with Gasteiger partial charge in [-0.1, -0.05) is 20.3 Å². The molecule has 0 saturated heterocycles. The maximum absolute atomic E-state index is 5.79. The second-order valence-corrected chi connectivity index (χ2v) is 4.47. The fourth-order valence-corrected chi connectivity index (χ4v) is 1.78. The number of rotatable bonds is 10. The van der Waals surface area contributed by atoms with E-state index in [0.717, 1.165) is 26.0 Å². The zero-order valence-electron chi connectivity index (χ0n) is 10.6. The second-order valence-electron chi connectivity index (χ2n) is 4.47. The van der Waals surface area contributed by atoms with Gasteiger partial charge in [-0.15, -0.1) is 0 Å². The van der Waals surface area contributed by atoms with Crippen LogP contribution in [0.2, 0.25) is 0 Å². The zero-order valence-corrected chi connectivity index (χ0v) is 10.6. The van der Waals surface area contributed by atoms with Gasteiger partial charge in [0.05, 0.1) is 13.2 Å². The summed E-state index contributed by atoms with van der Waals surface area (Å²) in [5.74, 6) is 0. The van der Waals surface area contributed by atoms with Gasteiger partial charge in [-0.05, 0) is 31.2 Å². The highest BCUT2D eigenvalue weighted by Crippen LogP contribution is 2.27. The molecule has 0 aromatic carbocycles. The van der Waals surface area contributed by atoms with Gasteiger partial charge in [-0.3, -0.25) is 0 Å². The van der Waals surface area contributed by atoms with Crippen molar-refractivity contribution in [3.05, 3.63) is 0 Å². The van der Waals surface area contributed by atoms with Crippen LogP contribution in [0.25, 0.3) is 0 Å². The highest BCUT2D eigenvalue weighted by atomic mass is 16.5. The molecule has 0 aromatic rings. The van der Waals surface area contributed by atoms with E-state index >= 15 is 0 Å². The minimum absolute atomic E-state index is 0.305. The second kappa shape index (κ2) is 9.13. The van der Waals surface area contributed by atoms with E-state index < -0.39 is 0 Å². The molecule has 0 radical (unpaired) electrons. The van der Waals surface area contributed by atoms with Gasteiger partial charge in [0, 0.05) is 13.7 Å². The normalized spacial score (nSPS) is 15.2. The van der Waals surface area contributed by atoms with Crippen LogP contribution < -0.4 is 5.73 Å². The third kappa shape index (κ3) is 7.77. The van der Waals surface area contributed by atoms with Crippen molar-refractivity contribution in [3.63, 3.8) is 0 Å². The maximum Gasteiger partial charge on any atom is 0.0700 e. The Morgan fingerprint density at radius 3 is 2.40 bits per heavy atom. The van der Waals surface area contributed by atoms with Crippen molar-refractivity contribution in [1.29, 1.82) is 0 Å². The van der Waals surface area contributed by atoms with Crippen LogP contribution in [0.15, 0.2) is 0 Å². The van der Waals surface area contributed by atoms with Crippen LogP contribution in [0.1, 0.15) is 39.5 Å². The van der Waals surface area contributed by atoms with Crippen LogP contribution in [0.4, 0.5) is 0 Å². The molecule has 0 aliphatic rings. The lowest BCUT2D eigenvalue weighted by Crippen LogP contribution is -2.27. The smallest absolute Gasteiger partial charge is 0.0700 e. The highest BCUT2D eigenvalue weighted by molar-refractivity contribution is 4.74. The minimum Gasteiger partial charge on any atom is -0.382 e. The molecule has 0 spiro atoms. The molecule has 92 valence electrons. The Bertz CT molecular complexity index is 142. The Hall–Kier alpha value is -0.120. The van der Waals surface area contributed by atoms with E-state index in [1.165, 1.54) is 12.8 Å². The number of hydrogen-bond donors (Lipinski definition) is 1. The van der Waals surface area contributed by atoms with Crippen LogP contribution in [0, 0.1) is 5.41 Å². The van der Waals surface area contributed by atoms with Gasteiger partial charge < -0.3 is 15.2 Å². The van der Waals surface area contributed by atoms with Gasteiger partial charge in [-0.2, -0.15) is 0 Å². The third-order valence-corrected chi connectivity index (χ3v) is 2.85. The molecule has 1 unspecified atom stereocenters. The largest absolute Gasteiger partial charge is 0.382 e. The molecule has 15 heavy (non-hydrogen) atoms. The topological polar surface area (TPSA) is 44.5 Å². The van der Waals surface area contributed by atoms with Gasteiger partial charge >= 0.3 is 0 Å². The molecular formula is C12H27NO2. The minimum atomic E-state index is 0.305. The van der Waals surface area contributed by atoms with E-state index in [4.69, 9.17) is 15.2 Å². The van der Waals surface area contributed by atoms with E-state index in [1.807, 2.05) is 0 Å². The molecule has 0 fully saturated rings. The summed E-state index contributed by atoms with van der Waals surface area (Å²) in [7, 11) is 1.69. The van der Waals surface area contributed by atoms with Crippen molar-refractivity contribution in [2.75, 3.05) is 33.5 Å². The van der Waals surface area contributed by atoms with Gasteiger partial charge in [0.2, 0.25) is 0 Å². The molecule has 0 heterocycles. The van der Waals surface area contributed by atoms with Crippen LogP contribution in [-0.2, 0) is 9.47 Å². The summed E-state index contributed by atoms with van der Waals surface area (Å²) in [5, 5.41) is 0. The molecule has 0 aromatic heterocycles. The van der Waals surface area contributed by atoms with Crippen LogP contribution in [0.3, 0.4) is 0 Å².